The number of nitrogens with zero attached hydrogens (tertiary/aromatic N) is 4. The second-order valence-corrected chi connectivity index (χ2v) is 13.0. The Morgan fingerprint density at radius 2 is 1.68 bits per heavy atom. The number of sulfonamides is 1. The Labute approximate surface area is 227 Å². The molecule has 0 aliphatic carbocycles. The average Bonchev–Trinajstić information content (AvgIpc) is 3.30. The van der Waals surface area contributed by atoms with Crippen LogP contribution in [-0.2, 0) is 10.0 Å². The summed E-state index contributed by atoms with van der Waals surface area (Å²) < 4.78 is 56.5. The molecule has 1 aromatic heterocycles. The van der Waals surface area contributed by atoms with Crippen molar-refractivity contribution in [3.05, 3.63) is 53.6 Å². The number of hydrogen-bond donors (Lipinski definition) is 0. The van der Waals surface area contributed by atoms with E-state index in [2.05, 4.69) is 23.7 Å². The molecule has 7 nitrogen and oxygen atoms in total. The van der Waals surface area contributed by atoms with Gasteiger partial charge in [-0.25, -0.2) is 22.2 Å². The lowest BCUT2D eigenvalue weighted by Gasteiger charge is -2.34. The topological polar surface area (TPSA) is 73.8 Å². The van der Waals surface area contributed by atoms with E-state index in [0.29, 0.717) is 24.3 Å². The predicted octanol–water partition coefficient (Wildman–Crippen LogP) is 5.23. The van der Waals surface area contributed by atoms with Crippen LogP contribution in [-0.4, -0.2) is 67.8 Å². The van der Waals surface area contributed by atoms with Crippen molar-refractivity contribution in [1.29, 1.82) is 0 Å². The van der Waals surface area contributed by atoms with Crippen LogP contribution in [0.4, 0.5) is 13.9 Å². The Hall–Kier alpha value is -2.47. The fraction of sp³-hybridized carbons (Fsp3) is 0.481. The van der Waals surface area contributed by atoms with E-state index in [1.165, 1.54) is 39.5 Å². The zero-order chi connectivity index (χ0) is 27.6. The molecule has 0 bridgehead atoms. The van der Waals surface area contributed by atoms with Gasteiger partial charge in [0, 0.05) is 37.8 Å². The first-order valence-electron chi connectivity index (χ1n) is 12.9. The SMILES string of the molecule is CCN(CC)CCN(C(=O)c1ccc(S(=O)(=O)N2CC(C)CC(C)C2)cc1)c1nc2c(F)cc(F)cc2s1. The number of benzene rings is 2. The van der Waals surface area contributed by atoms with E-state index in [1.807, 2.05) is 13.8 Å². The van der Waals surface area contributed by atoms with Gasteiger partial charge in [-0.1, -0.05) is 39.0 Å². The van der Waals surface area contributed by atoms with Gasteiger partial charge in [-0.2, -0.15) is 4.31 Å². The van der Waals surface area contributed by atoms with E-state index >= 15 is 0 Å². The highest BCUT2D eigenvalue weighted by Gasteiger charge is 2.32. The van der Waals surface area contributed by atoms with Crippen molar-refractivity contribution in [2.24, 2.45) is 11.8 Å². The predicted molar refractivity (Wildman–Crippen MR) is 147 cm³/mol. The van der Waals surface area contributed by atoms with Crippen LogP contribution in [0.2, 0.25) is 0 Å². The largest absolute Gasteiger partial charge is 0.302 e. The summed E-state index contributed by atoms with van der Waals surface area (Å²) in [5.74, 6) is -1.32. The number of rotatable bonds is 9. The molecule has 0 radical (unpaired) electrons. The number of likely N-dealkylation sites (N-methyl/N-ethyl adjacent to an activating group) is 1. The van der Waals surface area contributed by atoms with E-state index in [1.54, 1.807) is 0 Å². The number of fused-ring (bicyclic) bond motifs is 1. The average molecular weight is 565 g/mol. The lowest BCUT2D eigenvalue weighted by Crippen LogP contribution is -2.42. The van der Waals surface area contributed by atoms with Crippen molar-refractivity contribution in [2.45, 2.75) is 39.0 Å². The Morgan fingerprint density at radius 3 is 2.29 bits per heavy atom. The number of thiazole rings is 1. The standard InChI is InChI=1S/C27H34F2N4O3S2/c1-5-31(6-2)11-12-33(27-30-25-23(29)14-21(28)15-24(25)37-27)26(34)20-7-9-22(10-8-20)38(35,36)32-16-18(3)13-19(4)17-32/h7-10,14-15,18-19H,5-6,11-13,16-17H2,1-4H3. The lowest BCUT2D eigenvalue weighted by molar-refractivity contribution is 0.0983. The molecule has 0 saturated carbocycles. The summed E-state index contributed by atoms with van der Waals surface area (Å²) >= 11 is 1.04. The number of piperidine rings is 1. The maximum atomic E-state index is 14.4. The molecule has 1 fully saturated rings. The molecule has 2 unspecified atom stereocenters. The van der Waals surface area contributed by atoms with Crippen LogP contribution in [0.15, 0.2) is 41.3 Å². The fourth-order valence-corrected chi connectivity index (χ4v) is 7.71. The van der Waals surface area contributed by atoms with Crippen molar-refractivity contribution in [3.63, 3.8) is 0 Å². The van der Waals surface area contributed by atoms with Gasteiger partial charge in [0.1, 0.15) is 11.3 Å². The summed E-state index contributed by atoms with van der Waals surface area (Å²) in [6.45, 7) is 11.5. The van der Waals surface area contributed by atoms with Crippen molar-refractivity contribution in [3.8, 4) is 0 Å². The van der Waals surface area contributed by atoms with Crippen LogP contribution in [0.3, 0.4) is 0 Å². The first kappa shape index (κ1) is 28.5. The van der Waals surface area contributed by atoms with Crippen molar-refractivity contribution in [1.82, 2.24) is 14.2 Å². The molecular weight excluding hydrogens is 530 g/mol. The zero-order valence-electron chi connectivity index (χ0n) is 22.2. The number of anilines is 1. The highest BCUT2D eigenvalue weighted by molar-refractivity contribution is 7.89. The third-order valence-corrected chi connectivity index (χ3v) is 9.86. The van der Waals surface area contributed by atoms with E-state index in [4.69, 9.17) is 0 Å². The summed E-state index contributed by atoms with van der Waals surface area (Å²) in [4.78, 5) is 21.7. The monoisotopic (exact) mass is 564 g/mol. The minimum atomic E-state index is -3.68. The molecule has 2 aromatic carbocycles. The molecule has 0 spiro atoms. The smallest absolute Gasteiger partial charge is 0.260 e. The quantitative estimate of drug-likeness (QED) is 0.356. The third-order valence-electron chi connectivity index (χ3n) is 6.99. The van der Waals surface area contributed by atoms with Crippen LogP contribution in [0, 0.1) is 23.5 Å². The summed E-state index contributed by atoms with van der Waals surface area (Å²) in [7, 11) is -3.68. The van der Waals surface area contributed by atoms with Crippen LogP contribution >= 0.6 is 11.3 Å². The third kappa shape index (κ3) is 6.06. The van der Waals surface area contributed by atoms with Crippen LogP contribution in [0.1, 0.15) is 44.5 Å². The molecule has 38 heavy (non-hydrogen) atoms. The number of aromatic nitrogens is 1. The van der Waals surface area contributed by atoms with Gasteiger partial charge in [0.05, 0.1) is 9.60 Å². The maximum absolute atomic E-state index is 14.4. The molecule has 1 aliphatic heterocycles. The minimum absolute atomic E-state index is 0.0125. The Bertz CT molecular complexity index is 1380. The van der Waals surface area contributed by atoms with Gasteiger partial charge in [0.15, 0.2) is 10.9 Å². The summed E-state index contributed by atoms with van der Waals surface area (Å²) in [6, 6.07) is 7.91. The number of carbonyl (C=O) groups excluding carboxylic acids is 1. The second kappa shape index (κ2) is 11.7. The molecule has 206 valence electrons. The molecule has 11 heteroatoms. The molecule has 0 N–H and O–H groups in total. The van der Waals surface area contributed by atoms with Crippen LogP contribution in [0.25, 0.3) is 10.2 Å². The lowest BCUT2D eigenvalue weighted by atomic mass is 9.94. The van der Waals surface area contributed by atoms with Crippen molar-refractivity contribution < 1.29 is 22.0 Å². The Morgan fingerprint density at radius 1 is 1.05 bits per heavy atom. The zero-order valence-corrected chi connectivity index (χ0v) is 23.8. The molecule has 1 saturated heterocycles. The van der Waals surface area contributed by atoms with E-state index in [-0.39, 0.29) is 45.4 Å². The Kier molecular flexibility index (Phi) is 8.81. The van der Waals surface area contributed by atoms with Crippen LogP contribution in [0.5, 0.6) is 0 Å². The highest BCUT2D eigenvalue weighted by Crippen LogP contribution is 2.32. The van der Waals surface area contributed by atoms with Gasteiger partial charge in [0.25, 0.3) is 5.91 Å². The van der Waals surface area contributed by atoms with Gasteiger partial charge in [-0.05, 0) is 61.7 Å². The minimum Gasteiger partial charge on any atom is -0.302 e. The summed E-state index contributed by atoms with van der Waals surface area (Å²) in [5.41, 5.74) is 0.299. The molecule has 2 heterocycles. The molecule has 4 rings (SSSR count). The maximum Gasteiger partial charge on any atom is 0.260 e. The van der Waals surface area contributed by atoms with Gasteiger partial charge in [0.2, 0.25) is 10.0 Å². The van der Waals surface area contributed by atoms with Gasteiger partial charge >= 0.3 is 0 Å². The van der Waals surface area contributed by atoms with Gasteiger partial charge in [-0.3, -0.25) is 9.69 Å². The number of carbonyl (C=O) groups is 1. The number of amides is 1. The van der Waals surface area contributed by atoms with Gasteiger partial charge < -0.3 is 4.90 Å². The number of halogens is 2. The van der Waals surface area contributed by atoms with Crippen molar-refractivity contribution >= 4 is 42.6 Å². The van der Waals surface area contributed by atoms with E-state index < -0.39 is 21.7 Å². The summed E-state index contributed by atoms with van der Waals surface area (Å²) in [5, 5.41) is 0.259. The first-order chi connectivity index (χ1) is 18.0. The van der Waals surface area contributed by atoms with Crippen LogP contribution < -0.4 is 4.90 Å². The second-order valence-electron chi connectivity index (χ2n) is 10.0. The molecule has 2 atom stereocenters. The first-order valence-corrected chi connectivity index (χ1v) is 15.2. The normalized spacial score (nSPS) is 18.8. The van der Waals surface area contributed by atoms with E-state index in [9.17, 15) is 22.0 Å². The molecular formula is C27H34F2N4O3S2. The molecule has 1 aliphatic rings. The van der Waals surface area contributed by atoms with E-state index in [0.717, 1.165) is 36.9 Å². The number of hydrogen-bond acceptors (Lipinski definition) is 6. The fourth-order valence-electron chi connectivity index (χ4n) is 5.00. The highest BCUT2D eigenvalue weighted by atomic mass is 32.2. The van der Waals surface area contributed by atoms with Crippen molar-refractivity contribution in [2.75, 3.05) is 44.2 Å². The molecule has 3 aromatic rings. The summed E-state index contributed by atoms with van der Waals surface area (Å²) in [6.07, 6.45) is 0.991. The van der Waals surface area contributed by atoms with Gasteiger partial charge in [-0.15, -0.1) is 0 Å². The Balaban J connectivity index is 1.63. The molecule has 1 amide bonds.